The van der Waals surface area contributed by atoms with Gasteiger partial charge in [-0.3, -0.25) is 0 Å². The van der Waals surface area contributed by atoms with Gasteiger partial charge < -0.3 is 4.74 Å². The van der Waals surface area contributed by atoms with E-state index in [1.165, 1.54) is 0 Å². The quantitative estimate of drug-likeness (QED) is 0.618. The van der Waals surface area contributed by atoms with E-state index in [0.717, 1.165) is 11.1 Å². The lowest BCUT2D eigenvalue weighted by Gasteiger charge is -2.06. The predicted octanol–water partition coefficient (Wildman–Crippen LogP) is 3.78. The van der Waals surface area contributed by atoms with Gasteiger partial charge in [0.1, 0.15) is 6.61 Å². The van der Waals surface area contributed by atoms with Crippen LogP contribution in [0.5, 0.6) is 0 Å². The Hall–Kier alpha value is -1.80. The third-order valence-electron chi connectivity index (χ3n) is 2.53. The maximum Gasteiger partial charge on any atom is 0.338 e. The van der Waals surface area contributed by atoms with Crippen LogP contribution in [0.25, 0.3) is 0 Å². The van der Waals surface area contributed by atoms with Gasteiger partial charge in [0.05, 0.1) is 5.56 Å². The molecule has 0 aliphatic heterocycles. The minimum Gasteiger partial charge on any atom is -0.457 e. The van der Waals surface area contributed by atoms with E-state index in [4.69, 9.17) is 16.3 Å². The van der Waals surface area contributed by atoms with Crippen LogP contribution in [-0.2, 0) is 17.2 Å². The zero-order valence-electron chi connectivity index (χ0n) is 9.80. The molecule has 0 bridgehead atoms. The maximum atomic E-state index is 11.7. The molecule has 0 saturated heterocycles. The number of alkyl halides is 1. The van der Waals surface area contributed by atoms with Gasteiger partial charge in [0, 0.05) is 5.88 Å². The van der Waals surface area contributed by atoms with Crippen molar-refractivity contribution in [1.29, 1.82) is 0 Å². The van der Waals surface area contributed by atoms with Crippen molar-refractivity contribution in [1.82, 2.24) is 0 Å². The first-order chi connectivity index (χ1) is 8.79. The topological polar surface area (TPSA) is 26.3 Å². The first-order valence-electron chi connectivity index (χ1n) is 5.65. The molecule has 0 radical (unpaired) electrons. The van der Waals surface area contributed by atoms with Crippen molar-refractivity contribution >= 4 is 17.6 Å². The molecule has 0 unspecified atom stereocenters. The fourth-order valence-corrected chi connectivity index (χ4v) is 1.78. The Bertz CT molecular complexity index is 523. The first-order valence-corrected chi connectivity index (χ1v) is 6.19. The molecule has 0 aliphatic carbocycles. The highest BCUT2D eigenvalue weighted by Crippen LogP contribution is 2.10. The molecule has 2 nitrogen and oxygen atoms in total. The number of carbonyl (C=O) groups excluding carboxylic acids is 1. The van der Waals surface area contributed by atoms with E-state index in [0.29, 0.717) is 11.4 Å². The average Bonchev–Trinajstić information content (AvgIpc) is 2.46. The van der Waals surface area contributed by atoms with Crippen molar-refractivity contribution < 1.29 is 9.53 Å². The summed E-state index contributed by atoms with van der Waals surface area (Å²) >= 11 is 5.75. The number of carbonyl (C=O) groups is 1. The Kier molecular flexibility index (Phi) is 4.37. The van der Waals surface area contributed by atoms with Crippen LogP contribution in [0.4, 0.5) is 0 Å². The van der Waals surface area contributed by atoms with E-state index >= 15 is 0 Å². The second kappa shape index (κ2) is 6.22. The number of benzene rings is 2. The zero-order valence-corrected chi connectivity index (χ0v) is 10.6. The molecule has 0 heterocycles. The summed E-state index contributed by atoms with van der Waals surface area (Å²) in [6.07, 6.45) is 0. The van der Waals surface area contributed by atoms with Gasteiger partial charge in [-0.05, 0) is 23.3 Å². The number of halogens is 1. The average molecular weight is 261 g/mol. The molecule has 0 spiro atoms. The van der Waals surface area contributed by atoms with Gasteiger partial charge in [0.2, 0.25) is 0 Å². The zero-order chi connectivity index (χ0) is 12.8. The van der Waals surface area contributed by atoms with Crippen LogP contribution < -0.4 is 0 Å². The van der Waals surface area contributed by atoms with Crippen molar-refractivity contribution in [3.05, 3.63) is 71.3 Å². The molecule has 2 rings (SSSR count). The first kappa shape index (κ1) is 12.7. The number of ether oxygens (including phenoxy) is 1. The van der Waals surface area contributed by atoms with Crippen molar-refractivity contribution in [3.8, 4) is 0 Å². The Morgan fingerprint density at radius 2 is 1.72 bits per heavy atom. The molecule has 0 aromatic heterocycles. The third kappa shape index (κ3) is 3.34. The summed E-state index contributed by atoms with van der Waals surface area (Å²) in [4.78, 5) is 11.7. The van der Waals surface area contributed by atoms with E-state index in [-0.39, 0.29) is 12.6 Å². The Labute approximate surface area is 111 Å². The van der Waals surface area contributed by atoms with E-state index in [1.54, 1.807) is 12.1 Å². The highest BCUT2D eigenvalue weighted by Gasteiger charge is 2.06. The van der Waals surface area contributed by atoms with Crippen LogP contribution in [-0.4, -0.2) is 5.97 Å². The van der Waals surface area contributed by atoms with Crippen LogP contribution in [0.1, 0.15) is 21.5 Å². The Morgan fingerprint density at radius 1 is 1.00 bits per heavy atom. The third-order valence-corrected chi connectivity index (χ3v) is 2.83. The molecule has 18 heavy (non-hydrogen) atoms. The molecule has 3 heteroatoms. The lowest BCUT2D eigenvalue weighted by molar-refractivity contribution is 0.0472. The molecule has 2 aromatic rings. The molecule has 0 fully saturated rings. The summed E-state index contributed by atoms with van der Waals surface area (Å²) in [6, 6.07) is 16.6. The van der Waals surface area contributed by atoms with Gasteiger partial charge in [0.25, 0.3) is 0 Å². The maximum absolute atomic E-state index is 11.7. The van der Waals surface area contributed by atoms with E-state index < -0.39 is 0 Å². The summed E-state index contributed by atoms with van der Waals surface area (Å²) in [5.41, 5.74) is 2.52. The summed E-state index contributed by atoms with van der Waals surface area (Å²) in [7, 11) is 0. The molecule has 0 atom stereocenters. The SMILES string of the molecule is O=C(OCc1cccc(CCl)c1)c1ccccc1. The van der Waals surface area contributed by atoms with E-state index in [1.807, 2.05) is 42.5 Å². The monoisotopic (exact) mass is 260 g/mol. The van der Waals surface area contributed by atoms with E-state index in [9.17, 15) is 4.79 Å². The summed E-state index contributed by atoms with van der Waals surface area (Å²) in [6.45, 7) is 0.262. The minimum absolute atomic E-state index is 0.262. The molecule has 92 valence electrons. The van der Waals surface area contributed by atoms with Gasteiger partial charge in [0.15, 0.2) is 0 Å². The Balaban J connectivity index is 1.97. The summed E-state index contributed by atoms with van der Waals surface area (Å²) in [5, 5.41) is 0. The number of esters is 1. The highest BCUT2D eigenvalue weighted by molar-refractivity contribution is 6.17. The van der Waals surface area contributed by atoms with Crippen LogP contribution in [0, 0.1) is 0 Å². The highest BCUT2D eigenvalue weighted by atomic mass is 35.5. The molecule has 0 N–H and O–H groups in total. The fourth-order valence-electron chi connectivity index (χ4n) is 1.61. The van der Waals surface area contributed by atoms with Crippen molar-refractivity contribution in [2.75, 3.05) is 0 Å². The lowest BCUT2D eigenvalue weighted by Crippen LogP contribution is -2.05. The van der Waals surface area contributed by atoms with Crippen LogP contribution in [0.3, 0.4) is 0 Å². The van der Waals surface area contributed by atoms with Gasteiger partial charge in [-0.25, -0.2) is 4.79 Å². The summed E-state index contributed by atoms with van der Waals surface area (Å²) < 4.78 is 5.23. The largest absolute Gasteiger partial charge is 0.457 e. The van der Waals surface area contributed by atoms with E-state index in [2.05, 4.69) is 0 Å². The van der Waals surface area contributed by atoms with Gasteiger partial charge >= 0.3 is 5.97 Å². The molecule has 2 aromatic carbocycles. The van der Waals surface area contributed by atoms with Crippen LogP contribution in [0.2, 0.25) is 0 Å². The minimum atomic E-state index is -0.313. The number of hydrogen-bond acceptors (Lipinski definition) is 2. The second-order valence-electron chi connectivity index (χ2n) is 3.90. The molecule has 0 aliphatic rings. The van der Waals surface area contributed by atoms with Crippen LogP contribution in [0.15, 0.2) is 54.6 Å². The molecule has 0 saturated carbocycles. The Morgan fingerprint density at radius 3 is 2.44 bits per heavy atom. The smallest absolute Gasteiger partial charge is 0.338 e. The predicted molar refractivity (Wildman–Crippen MR) is 71.6 cm³/mol. The molecular weight excluding hydrogens is 248 g/mol. The summed E-state index contributed by atoms with van der Waals surface area (Å²) in [5.74, 6) is 0.146. The van der Waals surface area contributed by atoms with Crippen molar-refractivity contribution in [2.45, 2.75) is 12.5 Å². The van der Waals surface area contributed by atoms with Gasteiger partial charge in [-0.2, -0.15) is 0 Å². The van der Waals surface area contributed by atoms with Gasteiger partial charge in [-0.15, -0.1) is 11.6 Å². The van der Waals surface area contributed by atoms with Crippen molar-refractivity contribution in [3.63, 3.8) is 0 Å². The van der Waals surface area contributed by atoms with Gasteiger partial charge in [-0.1, -0.05) is 42.5 Å². The normalized spacial score (nSPS) is 10.1. The number of hydrogen-bond donors (Lipinski definition) is 0. The molecule has 0 amide bonds. The second-order valence-corrected chi connectivity index (χ2v) is 4.16. The lowest BCUT2D eigenvalue weighted by atomic mass is 10.1. The van der Waals surface area contributed by atoms with Crippen LogP contribution >= 0.6 is 11.6 Å². The fraction of sp³-hybridized carbons (Fsp3) is 0.133. The number of rotatable bonds is 4. The molecular formula is C15H13ClO2. The van der Waals surface area contributed by atoms with Crippen molar-refractivity contribution in [2.24, 2.45) is 0 Å². The standard InChI is InChI=1S/C15H13ClO2/c16-10-12-5-4-6-13(9-12)11-18-15(17)14-7-2-1-3-8-14/h1-9H,10-11H2.